The lowest BCUT2D eigenvalue weighted by Crippen LogP contribution is -2.45. The summed E-state index contributed by atoms with van der Waals surface area (Å²) in [7, 11) is 0. The van der Waals surface area contributed by atoms with Crippen LogP contribution < -0.4 is 11.1 Å². The van der Waals surface area contributed by atoms with Gasteiger partial charge in [-0.05, 0) is 55.2 Å². The molecule has 2 aliphatic carbocycles. The van der Waals surface area contributed by atoms with Crippen LogP contribution in [0.4, 0.5) is 5.69 Å². The minimum atomic E-state index is -0.271. The second kappa shape index (κ2) is 4.80. The summed E-state index contributed by atoms with van der Waals surface area (Å²) in [5.41, 5.74) is 7.70. The van der Waals surface area contributed by atoms with E-state index in [-0.39, 0.29) is 11.3 Å². The Hall–Kier alpha value is -1.51. The highest BCUT2D eigenvalue weighted by Gasteiger charge is 2.51. The maximum absolute atomic E-state index is 12.6. The van der Waals surface area contributed by atoms with Gasteiger partial charge in [0.05, 0.1) is 5.41 Å². The summed E-state index contributed by atoms with van der Waals surface area (Å²) in [4.78, 5) is 12.6. The molecule has 0 radical (unpaired) electrons. The zero-order valence-corrected chi connectivity index (χ0v) is 12.2. The highest BCUT2D eigenvalue weighted by atomic mass is 16.2. The molecule has 0 unspecified atom stereocenters. The quantitative estimate of drug-likeness (QED) is 0.810. The van der Waals surface area contributed by atoms with Crippen LogP contribution in [0.2, 0.25) is 0 Å². The maximum Gasteiger partial charge on any atom is 0.230 e. The molecule has 3 N–H and O–H groups in total. The Kier molecular flexibility index (Phi) is 3.23. The minimum absolute atomic E-state index is 0.210. The van der Waals surface area contributed by atoms with E-state index in [0.29, 0.717) is 5.41 Å². The van der Waals surface area contributed by atoms with Crippen LogP contribution in [-0.4, -0.2) is 12.5 Å². The molecule has 108 valence electrons. The van der Waals surface area contributed by atoms with Gasteiger partial charge in [0.15, 0.2) is 0 Å². The molecule has 20 heavy (non-hydrogen) atoms. The first-order valence-electron chi connectivity index (χ1n) is 7.75. The first kappa shape index (κ1) is 13.5. The van der Waals surface area contributed by atoms with E-state index in [4.69, 9.17) is 5.73 Å². The molecule has 0 saturated heterocycles. The number of carbonyl (C=O) groups excluding carboxylic acids is 1. The Labute approximate surface area is 120 Å². The van der Waals surface area contributed by atoms with Crippen molar-refractivity contribution < 1.29 is 4.79 Å². The zero-order valence-electron chi connectivity index (χ0n) is 12.2. The Balaban J connectivity index is 1.66. The number of benzene rings is 1. The summed E-state index contributed by atoms with van der Waals surface area (Å²) in [6.07, 6.45) is 6.93. The summed E-state index contributed by atoms with van der Waals surface area (Å²) < 4.78 is 0. The van der Waals surface area contributed by atoms with Crippen LogP contribution in [-0.2, 0) is 10.2 Å². The number of hydrogen-bond donors (Lipinski definition) is 2. The normalized spacial score (nSPS) is 21.9. The lowest BCUT2D eigenvalue weighted by molar-refractivity contribution is -0.124. The van der Waals surface area contributed by atoms with Crippen molar-refractivity contribution in [3.8, 4) is 0 Å². The molecule has 3 nitrogen and oxygen atoms in total. The van der Waals surface area contributed by atoms with E-state index in [9.17, 15) is 4.79 Å². The van der Waals surface area contributed by atoms with Crippen LogP contribution in [0.5, 0.6) is 0 Å². The molecule has 0 heterocycles. The van der Waals surface area contributed by atoms with Crippen LogP contribution in [0.3, 0.4) is 0 Å². The molecule has 0 atom stereocenters. The fourth-order valence-electron chi connectivity index (χ4n) is 3.34. The van der Waals surface area contributed by atoms with Gasteiger partial charge in [0.1, 0.15) is 0 Å². The van der Waals surface area contributed by atoms with E-state index in [2.05, 4.69) is 12.2 Å². The number of amides is 1. The summed E-state index contributed by atoms with van der Waals surface area (Å²) in [5.74, 6) is 0.210. The molecular weight excluding hydrogens is 248 g/mol. The van der Waals surface area contributed by atoms with Gasteiger partial charge in [-0.25, -0.2) is 0 Å². The van der Waals surface area contributed by atoms with Gasteiger partial charge in [0.2, 0.25) is 5.91 Å². The van der Waals surface area contributed by atoms with Crippen molar-refractivity contribution in [3.63, 3.8) is 0 Å². The number of nitrogens with two attached hydrogens (primary N) is 1. The van der Waals surface area contributed by atoms with E-state index in [1.54, 1.807) is 0 Å². The Morgan fingerprint density at radius 2 is 1.85 bits per heavy atom. The third-order valence-corrected chi connectivity index (χ3v) is 5.44. The van der Waals surface area contributed by atoms with E-state index in [1.807, 2.05) is 24.3 Å². The highest BCUT2D eigenvalue weighted by Crippen LogP contribution is 2.49. The number of carbonyl (C=O) groups is 1. The summed E-state index contributed by atoms with van der Waals surface area (Å²) in [6, 6.07) is 7.78. The van der Waals surface area contributed by atoms with E-state index >= 15 is 0 Å². The van der Waals surface area contributed by atoms with Crippen molar-refractivity contribution in [2.24, 2.45) is 5.41 Å². The third-order valence-electron chi connectivity index (χ3n) is 5.44. The number of rotatable bonds is 5. The van der Waals surface area contributed by atoms with Gasteiger partial charge in [-0.2, -0.15) is 0 Å². The predicted molar refractivity (Wildman–Crippen MR) is 81.4 cm³/mol. The van der Waals surface area contributed by atoms with Crippen molar-refractivity contribution in [1.29, 1.82) is 0 Å². The number of anilines is 1. The van der Waals surface area contributed by atoms with Gasteiger partial charge < -0.3 is 11.1 Å². The van der Waals surface area contributed by atoms with Crippen LogP contribution in [0, 0.1) is 5.41 Å². The Morgan fingerprint density at radius 1 is 1.20 bits per heavy atom. The molecule has 1 aromatic carbocycles. The average molecular weight is 272 g/mol. The fourth-order valence-corrected chi connectivity index (χ4v) is 3.34. The zero-order chi connectivity index (χ0) is 14.2. The SMILES string of the molecule is CCC1(CNC(=O)C2(c3ccc(N)cc3)CC2)CCC1. The van der Waals surface area contributed by atoms with E-state index in [0.717, 1.165) is 30.6 Å². The largest absolute Gasteiger partial charge is 0.399 e. The van der Waals surface area contributed by atoms with Crippen LogP contribution in [0.25, 0.3) is 0 Å². The van der Waals surface area contributed by atoms with E-state index < -0.39 is 0 Å². The molecule has 0 bridgehead atoms. The molecule has 1 aromatic rings. The van der Waals surface area contributed by atoms with Gasteiger partial charge >= 0.3 is 0 Å². The van der Waals surface area contributed by atoms with Crippen molar-refractivity contribution in [1.82, 2.24) is 5.32 Å². The average Bonchev–Trinajstić information content (AvgIpc) is 3.20. The number of hydrogen-bond acceptors (Lipinski definition) is 2. The minimum Gasteiger partial charge on any atom is -0.399 e. The number of nitrogens with one attached hydrogen (secondary N) is 1. The van der Waals surface area contributed by atoms with Gasteiger partial charge in [0, 0.05) is 12.2 Å². The Morgan fingerprint density at radius 3 is 2.30 bits per heavy atom. The second-order valence-electron chi connectivity index (χ2n) is 6.59. The van der Waals surface area contributed by atoms with Gasteiger partial charge in [-0.1, -0.05) is 25.5 Å². The summed E-state index contributed by atoms with van der Waals surface area (Å²) >= 11 is 0. The first-order chi connectivity index (χ1) is 9.60. The molecule has 1 amide bonds. The lowest BCUT2D eigenvalue weighted by Gasteiger charge is -2.41. The monoisotopic (exact) mass is 272 g/mol. The van der Waals surface area contributed by atoms with Crippen LogP contribution in [0.1, 0.15) is 51.0 Å². The standard InChI is InChI=1S/C17H24N2O/c1-2-16(8-3-9-16)12-19-15(20)17(10-11-17)13-4-6-14(18)7-5-13/h4-7H,2-3,8-12,18H2,1H3,(H,19,20). The smallest absolute Gasteiger partial charge is 0.230 e. The third kappa shape index (κ3) is 2.19. The van der Waals surface area contributed by atoms with Gasteiger partial charge in [0.25, 0.3) is 0 Å². The van der Waals surface area contributed by atoms with Crippen LogP contribution >= 0.6 is 0 Å². The van der Waals surface area contributed by atoms with Crippen molar-refractivity contribution in [2.45, 2.75) is 50.9 Å². The second-order valence-corrected chi connectivity index (χ2v) is 6.59. The van der Waals surface area contributed by atoms with E-state index in [1.165, 1.54) is 25.7 Å². The van der Waals surface area contributed by atoms with Crippen molar-refractivity contribution >= 4 is 11.6 Å². The molecular formula is C17H24N2O. The molecule has 0 spiro atoms. The van der Waals surface area contributed by atoms with Gasteiger partial charge in [-0.15, -0.1) is 0 Å². The topological polar surface area (TPSA) is 55.1 Å². The molecule has 0 aliphatic heterocycles. The maximum atomic E-state index is 12.6. The highest BCUT2D eigenvalue weighted by molar-refractivity contribution is 5.91. The molecule has 2 saturated carbocycles. The summed E-state index contributed by atoms with van der Waals surface area (Å²) in [5, 5.41) is 3.22. The van der Waals surface area contributed by atoms with Crippen molar-refractivity contribution in [2.75, 3.05) is 12.3 Å². The van der Waals surface area contributed by atoms with Gasteiger partial charge in [-0.3, -0.25) is 4.79 Å². The number of nitrogen functional groups attached to an aromatic ring is 1. The Bertz CT molecular complexity index is 493. The molecule has 2 fully saturated rings. The van der Waals surface area contributed by atoms with Crippen LogP contribution in [0.15, 0.2) is 24.3 Å². The molecule has 3 rings (SSSR count). The molecule has 2 aliphatic rings. The molecule has 0 aromatic heterocycles. The lowest BCUT2D eigenvalue weighted by atomic mass is 9.67. The predicted octanol–water partition coefficient (Wildman–Crippen LogP) is 3.00. The summed E-state index contributed by atoms with van der Waals surface area (Å²) in [6.45, 7) is 3.08. The fraction of sp³-hybridized carbons (Fsp3) is 0.588. The molecule has 3 heteroatoms. The van der Waals surface area contributed by atoms with Crippen molar-refractivity contribution in [3.05, 3.63) is 29.8 Å². The first-order valence-corrected chi connectivity index (χ1v) is 7.75.